The van der Waals surface area contributed by atoms with Gasteiger partial charge in [-0.1, -0.05) is 0 Å². The van der Waals surface area contributed by atoms with Gasteiger partial charge in [0.25, 0.3) is 0 Å². The van der Waals surface area contributed by atoms with E-state index in [9.17, 15) is 4.79 Å². The van der Waals surface area contributed by atoms with E-state index >= 15 is 0 Å². The van der Waals surface area contributed by atoms with Crippen LogP contribution in [0.2, 0.25) is 0 Å². The van der Waals surface area contributed by atoms with Crippen LogP contribution in [-0.4, -0.2) is 17.6 Å². The molecule has 0 bridgehead atoms. The smallest absolute Gasteiger partial charge is 0.324 e. The van der Waals surface area contributed by atoms with E-state index in [0.29, 0.717) is 0 Å². The number of ether oxygens (including phenoxy) is 1. The third-order valence-electron chi connectivity index (χ3n) is 1.01. The summed E-state index contributed by atoms with van der Waals surface area (Å²) in [7, 11) is 0. The first-order chi connectivity index (χ1) is 4.87. The Balaban J connectivity index is 3.88. The predicted molar refractivity (Wildman–Crippen MR) is 42.6 cm³/mol. The molecule has 66 valence electrons. The van der Waals surface area contributed by atoms with Gasteiger partial charge in [-0.3, -0.25) is 10.6 Å². The maximum Gasteiger partial charge on any atom is 0.324 e. The maximum absolute atomic E-state index is 11.0. The molecule has 4 heteroatoms. The first kappa shape index (κ1) is 10.4. The number of carbonyl (C=O) groups is 1. The van der Waals surface area contributed by atoms with E-state index in [1.54, 1.807) is 6.92 Å². The van der Waals surface area contributed by atoms with Gasteiger partial charge in [-0.25, -0.2) is 5.43 Å². The highest BCUT2D eigenvalue weighted by Crippen LogP contribution is 2.07. The molecule has 0 saturated heterocycles. The topological polar surface area (TPSA) is 64.3 Å². The fourth-order valence-electron chi connectivity index (χ4n) is 0.458. The van der Waals surface area contributed by atoms with Crippen LogP contribution in [-0.2, 0) is 9.53 Å². The molecule has 0 heterocycles. The fraction of sp³-hybridized carbons (Fsp3) is 0.857. The summed E-state index contributed by atoms with van der Waals surface area (Å²) in [5, 5.41) is 0. The second-order valence-corrected chi connectivity index (χ2v) is 3.42. The number of esters is 1. The Morgan fingerprint density at radius 1 is 1.55 bits per heavy atom. The number of hydrazine groups is 1. The first-order valence-electron chi connectivity index (χ1n) is 3.56. The molecule has 0 spiro atoms. The summed E-state index contributed by atoms with van der Waals surface area (Å²) in [6, 6.07) is -0.450. The van der Waals surface area contributed by atoms with E-state index in [2.05, 4.69) is 5.43 Å². The van der Waals surface area contributed by atoms with Crippen LogP contribution >= 0.6 is 0 Å². The van der Waals surface area contributed by atoms with Crippen molar-refractivity contribution in [2.24, 2.45) is 5.84 Å². The molecule has 0 aliphatic carbocycles. The zero-order valence-electron chi connectivity index (χ0n) is 7.47. The zero-order chi connectivity index (χ0) is 9.07. The third kappa shape index (κ3) is 4.75. The quantitative estimate of drug-likeness (QED) is 0.343. The summed E-state index contributed by atoms with van der Waals surface area (Å²) in [5.41, 5.74) is 1.87. The van der Waals surface area contributed by atoms with Gasteiger partial charge in [0.15, 0.2) is 0 Å². The van der Waals surface area contributed by atoms with Gasteiger partial charge in [-0.05, 0) is 27.7 Å². The Kier molecular flexibility index (Phi) is 3.48. The highest BCUT2D eigenvalue weighted by molar-refractivity contribution is 5.75. The average molecular weight is 160 g/mol. The van der Waals surface area contributed by atoms with Crippen molar-refractivity contribution in [3.8, 4) is 0 Å². The van der Waals surface area contributed by atoms with E-state index in [4.69, 9.17) is 10.6 Å². The molecule has 0 aromatic heterocycles. The third-order valence-corrected chi connectivity index (χ3v) is 1.01. The lowest BCUT2D eigenvalue weighted by Gasteiger charge is -2.21. The second-order valence-electron chi connectivity index (χ2n) is 3.42. The normalized spacial score (nSPS) is 14.3. The lowest BCUT2D eigenvalue weighted by Crippen LogP contribution is -2.42. The number of rotatable bonds is 2. The molecule has 0 unspecified atom stereocenters. The molecule has 11 heavy (non-hydrogen) atoms. The maximum atomic E-state index is 11.0. The minimum absolute atomic E-state index is 0.333. The molecule has 1 atom stereocenters. The predicted octanol–water partition coefficient (Wildman–Crippen LogP) is 0.180. The van der Waals surface area contributed by atoms with Crippen LogP contribution in [0.3, 0.4) is 0 Å². The summed E-state index contributed by atoms with van der Waals surface area (Å²) >= 11 is 0. The van der Waals surface area contributed by atoms with Crippen LogP contribution in [0.25, 0.3) is 0 Å². The molecule has 0 radical (unpaired) electrons. The van der Waals surface area contributed by atoms with Gasteiger partial charge < -0.3 is 4.74 Å². The fourth-order valence-corrected chi connectivity index (χ4v) is 0.458. The van der Waals surface area contributed by atoms with Gasteiger partial charge in [0.1, 0.15) is 11.6 Å². The van der Waals surface area contributed by atoms with Crippen molar-refractivity contribution in [2.45, 2.75) is 39.3 Å². The van der Waals surface area contributed by atoms with Crippen LogP contribution in [0.5, 0.6) is 0 Å². The molecular formula is C7H16N2O2. The summed E-state index contributed by atoms with van der Waals surface area (Å²) in [5.74, 6) is 4.71. The highest BCUT2D eigenvalue weighted by Gasteiger charge is 2.20. The minimum Gasteiger partial charge on any atom is -0.459 e. The highest BCUT2D eigenvalue weighted by atomic mass is 16.6. The average Bonchev–Trinajstić information content (AvgIpc) is 1.82. The number of nitrogens with two attached hydrogens (primary N) is 1. The number of hydrogen-bond acceptors (Lipinski definition) is 4. The largest absolute Gasteiger partial charge is 0.459 e. The van der Waals surface area contributed by atoms with Gasteiger partial charge >= 0.3 is 5.97 Å². The lowest BCUT2D eigenvalue weighted by atomic mass is 10.2. The van der Waals surface area contributed by atoms with E-state index in [1.165, 1.54) is 0 Å². The molecule has 4 nitrogen and oxygen atoms in total. The van der Waals surface area contributed by atoms with Crippen molar-refractivity contribution in [3.05, 3.63) is 0 Å². The van der Waals surface area contributed by atoms with Crippen LogP contribution in [0, 0.1) is 0 Å². The molecule has 0 rings (SSSR count). The number of hydrogen-bond donors (Lipinski definition) is 2. The Morgan fingerprint density at radius 3 is 2.27 bits per heavy atom. The molecule has 0 fully saturated rings. The van der Waals surface area contributed by atoms with Gasteiger partial charge in [0, 0.05) is 0 Å². The summed E-state index contributed by atoms with van der Waals surface area (Å²) in [6.45, 7) is 7.09. The Morgan fingerprint density at radius 2 is 2.00 bits per heavy atom. The molecule has 0 aliphatic rings. The molecule has 0 aliphatic heterocycles. The van der Waals surface area contributed by atoms with Gasteiger partial charge in [0.05, 0.1) is 0 Å². The van der Waals surface area contributed by atoms with Crippen LogP contribution in [0.15, 0.2) is 0 Å². The van der Waals surface area contributed by atoms with E-state index in [-0.39, 0.29) is 5.97 Å². The van der Waals surface area contributed by atoms with Crippen LogP contribution in [0.4, 0.5) is 0 Å². The molecule has 3 N–H and O–H groups in total. The first-order valence-corrected chi connectivity index (χ1v) is 3.56. The Bertz CT molecular complexity index is 140. The second kappa shape index (κ2) is 3.69. The molecule has 0 aromatic rings. The van der Waals surface area contributed by atoms with Gasteiger partial charge in [-0.15, -0.1) is 0 Å². The van der Waals surface area contributed by atoms with Crippen LogP contribution in [0.1, 0.15) is 27.7 Å². The SMILES string of the molecule is C[C@H](NN)C(=O)OC(C)(C)C. The van der Waals surface area contributed by atoms with Gasteiger partial charge in [0.2, 0.25) is 0 Å². The summed E-state index contributed by atoms with van der Waals surface area (Å²) in [4.78, 5) is 11.0. The summed E-state index contributed by atoms with van der Waals surface area (Å²) in [6.07, 6.45) is 0. The Hall–Kier alpha value is -0.610. The zero-order valence-corrected chi connectivity index (χ0v) is 7.47. The number of nitrogens with one attached hydrogen (secondary N) is 1. The van der Waals surface area contributed by atoms with E-state index < -0.39 is 11.6 Å². The molecule has 0 saturated carbocycles. The Labute approximate surface area is 67.1 Å². The molecule has 0 amide bonds. The van der Waals surface area contributed by atoms with Crippen molar-refractivity contribution >= 4 is 5.97 Å². The van der Waals surface area contributed by atoms with Gasteiger partial charge in [-0.2, -0.15) is 0 Å². The molecular weight excluding hydrogens is 144 g/mol. The van der Waals surface area contributed by atoms with Crippen molar-refractivity contribution in [3.63, 3.8) is 0 Å². The summed E-state index contributed by atoms with van der Waals surface area (Å²) < 4.78 is 5.01. The van der Waals surface area contributed by atoms with Crippen molar-refractivity contribution in [2.75, 3.05) is 0 Å². The van der Waals surface area contributed by atoms with E-state index in [0.717, 1.165) is 0 Å². The van der Waals surface area contributed by atoms with Crippen molar-refractivity contribution < 1.29 is 9.53 Å². The standard InChI is InChI=1S/C7H16N2O2/c1-5(9-8)6(10)11-7(2,3)4/h5,9H,8H2,1-4H3/t5-/m0/s1. The number of carbonyl (C=O) groups excluding carboxylic acids is 1. The van der Waals surface area contributed by atoms with Crippen LogP contribution < -0.4 is 11.3 Å². The van der Waals surface area contributed by atoms with E-state index in [1.807, 2.05) is 20.8 Å². The van der Waals surface area contributed by atoms with Crippen molar-refractivity contribution in [1.82, 2.24) is 5.43 Å². The monoisotopic (exact) mass is 160 g/mol. The van der Waals surface area contributed by atoms with Crippen molar-refractivity contribution in [1.29, 1.82) is 0 Å². The minimum atomic E-state index is -0.450. The lowest BCUT2D eigenvalue weighted by molar-refractivity contribution is -0.156. The molecule has 0 aromatic carbocycles.